The van der Waals surface area contributed by atoms with E-state index in [-0.39, 0.29) is 11.1 Å². The van der Waals surface area contributed by atoms with Gasteiger partial charge in [0.25, 0.3) is 0 Å². The van der Waals surface area contributed by atoms with Gasteiger partial charge in [-0.3, -0.25) is 0 Å². The fourth-order valence-corrected chi connectivity index (χ4v) is 4.16. The van der Waals surface area contributed by atoms with Crippen molar-refractivity contribution in [1.82, 2.24) is 5.32 Å². The molecule has 0 aliphatic heterocycles. The quantitative estimate of drug-likeness (QED) is 0.745. The van der Waals surface area contributed by atoms with Gasteiger partial charge in [0.15, 0.2) is 0 Å². The van der Waals surface area contributed by atoms with Crippen LogP contribution in [0.4, 0.5) is 23.7 Å². The van der Waals surface area contributed by atoms with Crippen molar-refractivity contribution in [3.05, 3.63) is 52.2 Å². The van der Waals surface area contributed by atoms with Gasteiger partial charge in [-0.05, 0) is 53.4 Å². The SMILES string of the molecule is O=C(NCC1(c2ccsc2)CCCC1)Nc1cccc(C(F)(F)F)c1. The highest BCUT2D eigenvalue weighted by Gasteiger charge is 2.36. The minimum absolute atomic E-state index is 0.0643. The molecule has 0 saturated heterocycles. The van der Waals surface area contributed by atoms with E-state index in [0.717, 1.165) is 37.8 Å². The van der Waals surface area contributed by atoms with Crippen LogP contribution in [0.15, 0.2) is 41.1 Å². The summed E-state index contributed by atoms with van der Waals surface area (Å²) in [4.78, 5) is 12.1. The van der Waals surface area contributed by atoms with Crippen LogP contribution < -0.4 is 10.6 Å². The molecule has 2 aromatic rings. The fourth-order valence-electron chi connectivity index (χ4n) is 3.38. The number of hydrogen-bond acceptors (Lipinski definition) is 2. The van der Waals surface area contributed by atoms with Crippen LogP contribution in [-0.4, -0.2) is 12.6 Å². The molecule has 0 radical (unpaired) electrons. The van der Waals surface area contributed by atoms with E-state index in [2.05, 4.69) is 22.1 Å². The van der Waals surface area contributed by atoms with E-state index in [1.165, 1.54) is 17.7 Å². The zero-order valence-electron chi connectivity index (χ0n) is 13.5. The predicted molar refractivity (Wildman–Crippen MR) is 92.9 cm³/mol. The number of alkyl halides is 3. The summed E-state index contributed by atoms with van der Waals surface area (Å²) in [5, 5.41) is 9.46. The number of anilines is 1. The second-order valence-corrected chi connectivity index (χ2v) is 7.17. The van der Waals surface area contributed by atoms with Crippen molar-refractivity contribution >= 4 is 23.1 Å². The lowest BCUT2D eigenvalue weighted by atomic mass is 9.80. The molecule has 1 aliphatic rings. The maximum Gasteiger partial charge on any atom is 0.416 e. The molecule has 1 heterocycles. The average molecular weight is 368 g/mol. The van der Waals surface area contributed by atoms with Crippen LogP contribution in [0.5, 0.6) is 0 Å². The van der Waals surface area contributed by atoms with Crippen LogP contribution >= 0.6 is 11.3 Å². The lowest BCUT2D eigenvalue weighted by Crippen LogP contribution is -2.40. The summed E-state index contributed by atoms with van der Waals surface area (Å²) in [6.45, 7) is 0.481. The Hall–Kier alpha value is -2.02. The summed E-state index contributed by atoms with van der Waals surface area (Å²) in [5.74, 6) is 0. The highest BCUT2D eigenvalue weighted by Crippen LogP contribution is 2.41. The molecule has 25 heavy (non-hydrogen) atoms. The van der Waals surface area contributed by atoms with Gasteiger partial charge in [0.2, 0.25) is 0 Å². The van der Waals surface area contributed by atoms with Gasteiger partial charge in [-0.25, -0.2) is 4.79 Å². The van der Waals surface area contributed by atoms with Crippen molar-refractivity contribution in [3.8, 4) is 0 Å². The van der Waals surface area contributed by atoms with Gasteiger partial charge in [0.05, 0.1) is 5.56 Å². The third-order valence-corrected chi connectivity index (χ3v) is 5.41. The highest BCUT2D eigenvalue weighted by molar-refractivity contribution is 7.08. The summed E-state index contributed by atoms with van der Waals surface area (Å²) < 4.78 is 38.2. The molecule has 0 atom stereocenters. The van der Waals surface area contributed by atoms with Gasteiger partial charge < -0.3 is 10.6 Å². The van der Waals surface area contributed by atoms with Gasteiger partial charge in [0.1, 0.15) is 0 Å². The van der Waals surface area contributed by atoms with Crippen LogP contribution in [0.1, 0.15) is 36.8 Å². The van der Waals surface area contributed by atoms with Crippen molar-refractivity contribution in [3.63, 3.8) is 0 Å². The maximum atomic E-state index is 12.7. The Morgan fingerprint density at radius 2 is 1.96 bits per heavy atom. The molecular weight excluding hydrogens is 349 g/mol. The van der Waals surface area contributed by atoms with Crippen LogP contribution in [0, 0.1) is 0 Å². The van der Waals surface area contributed by atoms with E-state index in [0.29, 0.717) is 6.54 Å². The molecule has 0 bridgehead atoms. The molecule has 134 valence electrons. The average Bonchev–Trinajstić information content (AvgIpc) is 3.25. The second-order valence-electron chi connectivity index (χ2n) is 6.39. The van der Waals surface area contributed by atoms with E-state index >= 15 is 0 Å². The van der Waals surface area contributed by atoms with Gasteiger partial charge in [-0.15, -0.1) is 0 Å². The largest absolute Gasteiger partial charge is 0.416 e. The Kier molecular flexibility index (Phi) is 5.03. The molecule has 0 spiro atoms. The maximum absolute atomic E-state index is 12.7. The fraction of sp³-hybridized carbons (Fsp3) is 0.389. The summed E-state index contributed by atoms with van der Waals surface area (Å²) >= 11 is 1.63. The number of rotatable bonds is 4. The van der Waals surface area contributed by atoms with Gasteiger partial charge in [0, 0.05) is 17.6 Å². The predicted octanol–water partition coefficient (Wildman–Crippen LogP) is 5.40. The Labute approximate surface area is 148 Å². The monoisotopic (exact) mass is 368 g/mol. The Morgan fingerprint density at radius 1 is 1.20 bits per heavy atom. The van der Waals surface area contributed by atoms with E-state index in [4.69, 9.17) is 0 Å². The lowest BCUT2D eigenvalue weighted by molar-refractivity contribution is -0.137. The first kappa shape index (κ1) is 17.8. The van der Waals surface area contributed by atoms with Crippen molar-refractivity contribution in [2.75, 3.05) is 11.9 Å². The highest BCUT2D eigenvalue weighted by atomic mass is 32.1. The zero-order valence-corrected chi connectivity index (χ0v) is 14.3. The normalized spacial score (nSPS) is 16.6. The molecule has 0 unspecified atom stereocenters. The standard InChI is InChI=1S/C18H19F3N2OS/c19-18(20,21)13-4-3-5-15(10-13)23-16(24)22-12-17(7-1-2-8-17)14-6-9-25-11-14/h3-6,9-11H,1-2,7-8,12H2,(H2,22,23,24). The Balaban J connectivity index is 1.63. The molecule has 1 fully saturated rings. The van der Waals surface area contributed by atoms with Crippen LogP contribution in [0.25, 0.3) is 0 Å². The summed E-state index contributed by atoms with van der Waals surface area (Å²) in [6.07, 6.45) is -0.179. The smallest absolute Gasteiger partial charge is 0.337 e. The number of carbonyl (C=O) groups excluding carboxylic acids is 1. The van der Waals surface area contributed by atoms with Crippen molar-refractivity contribution in [1.29, 1.82) is 0 Å². The van der Waals surface area contributed by atoms with Gasteiger partial charge >= 0.3 is 12.2 Å². The van der Waals surface area contributed by atoms with Crippen molar-refractivity contribution < 1.29 is 18.0 Å². The first-order valence-corrected chi connectivity index (χ1v) is 9.08. The van der Waals surface area contributed by atoms with Crippen molar-refractivity contribution in [2.45, 2.75) is 37.3 Å². The number of carbonyl (C=O) groups is 1. The van der Waals surface area contributed by atoms with Gasteiger partial charge in [-0.1, -0.05) is 18.9 Å². The number of urea groups is 1. The number of benzene rings is 1. The van der Waals surface area contributed by atoms with E-state index < -0.39 is 17.8 Å². The third-order valence-electron chi connectivity index (χ3n) is 4.73. The first-order chi connectivity index (χ1) is 11.9. The number of halogens is 3. The Morgan fingerprint density at radius 3 is 2.60 bits per heavy atom. The molecule has 1 aromatic heterocycles. The summed E-state index contributed by atoms with van der Waals surface area (Å²) in [7, 11) is 0. The molecule has 7 heteroatoms. The van der Waals surface area contributed by atoms with Crippen LogP contribution in [-0.2, 0) is 11.6 Å². The molecule has 3 nitrogen and oxygen atoms in total. The van der Waals surface area contributed by atoms with Crippen molar-refractivity contribution in [2.24, 2.45) is 0 Å². The number of nitrogens with one attached hydrogen (secondary N) is 2. The number of hydrogen-bond donors (Lipinski definition) is 2. The third kappa shape index (κ3) is 4.15. The minimum Gasteiger partial charge on any atom is -0.337 e. The van der Waals surface area contributed by atoms with E-state index in [1.807, 2.05) is 5.38 Å². The van der Waals surface area contributed by atoms with Crippen LogP contribution in [0.3, 0.4) is 0 Å². The first-order valence-electron chi connectivity index (χ1n) is 8.14. The Bertz CT molecular complexity index is 722. The molecule has 2 N–H and O–H groups in total. The topological polar surface area (TPSA) is 41.1 Å². The molecule has 3 rings (SSSR count). The van der Waals surface area contributed by atoms with Crippen LogP contribution in [0.2, 0.25) is 0 Å². The molecule has 2 amide bonds. The summed E-state index contributed by atoms with van der Waals surface area (Å²) in [5.41, 5.74) is 0.513. The number of thiophene rings is 1. The lowest BCUT2D eigenvalue weighted by Gasteiger charge is -2.28. The molecule has 1 aromatic carbocycles. The summed E-state index contributed by atoms with van der Waals surface area (Å²) in [6, 6.07) is 6.24. The molecule has 1 aliphatic carbocycles. The molecular formula is C18H19F3N2OS. The van der Waals surface area contributed by atoms with Gasteiger partial charge in [-0.2, -0.15) is 24.5 Å². The second kappa shape index (κ2) is 7.07. The van der Waals surface area contributed by atoms with E-state index in [1.54, 1.807) is 11.3 Å². The zero-order chi connectivity index (χ0) is 17.9. The number of amides is 2. The minimum atomic E-state index is -4.43. The molecule has 1 saturated carbocycles. The van der Waals surface area contributed by atoms with E-state index in [9.17, 15) is 18.0 Å².